The third-order valence-corrected chi connectivity index (χ3v) is 5.73. The summed E-state index contributed by atoms with van der Waals surface area (Å²) in [6, 6.07) is 12.1. The molecule has 3 aromatic rings. The van der Waals surface area contributed by atoms with Crippen molar-refractivity contribution in [2.24, 2.45) is 0 Å². The summed E-state index contributed by atoms with van der Waals surface area (Å²) in [5.41, 5.74) is 5.26. The molecule has 0 unspecified atom stereocenters. The van der Waals surface area contributed by atoms with E-state index in [1.807, 2.05) is 24.3 Å². The predicted molar refractivity (Wildman–Crippen MR) is 116 cm³/mol. The molecule has 0 atom stereocenters. The summed E-state index contributed by atoms with van der Waals surface area (Å²) in [5, 5.41) is 3.53. The molecule has 1 aliphatic heterocycles. The molecule has 0 spiro atoms. The highest BCUT2D eigenvalue weighted by Gasteiger charge is 2.21. The number of hydrogen-bond acceptors (Lipinski definition) is 6. The fourth-order valence-corrected chi connectivity index (χ4v) is 4.11. The van der Waals surface area contributed by atoms with E-state index in [0.717, 1.165) is 79.5 Å². The summed E-state index contributed by atoms with van der Waals surface area (Å²) in [5.74, 6) is 2.50. The number of benzene rings is 1. The molecule has 2 aromatic heterocycles. The van der Waals surface area contributed by atoms with Crippen molar-refractivity contribution in [1.29, 1.82) is 0 Å². The zero-order valence-electron chi connectivity index (χ0n) is 17.2. The van der Waals surface area contributed by atoms with Crippen molar-refractivity contribution in [3.05, 3.63) is 59.4 Å². The Balaban J connectivity index is 1.40. The number of ether oxygens (including phenoxy) is 2. The van der Waals surface area contributed by atoms with Crippen LogP contribution in [-0.4, -0.2) is 34.3 Å². The van der Waals surface area contributed by atoms with Crippen LogP contribution in [0.25, 0.3) is 11.5 Å². The number of rotatable bonds is 5. The number of fused-ring (bicyclic) bond motifs is 1. The molecule has 1 fully saturated rings. The second kappa shape index (κ2) is 8.40. The van der Waals surface area contributed by atoms with Gasteiger partial charge in [0.25, 0.3) is 0 Å². The molecule has 2 aliphatic rings. The van der Waals surface area contributed by atoms with Gasteiger partial charge in [0.2, 0.25) is 0 Å². The van der Waals surface area contributed by atoms with Crippen LogP contribution < -0.4 is 10.1 Å². The minimum atomic E-state index is 0.238. The molecular weight excluding hydrogens is 376 g/mol. The van der Waals surface area contributed by atoms with Gasteiger partial charge < -0.3 is 14.8 Å². The van der Waals surface area contributed by atoms with Crippen molar-refractivity contribution in [2.45, 2.75) is 45.1 Å². The first kappa shape index (κ1) is 19.0. The fraction of sp³-hybridized carbons (Fsp3) is 0.375. The summed E-state index contributed by atoms with van der Waals surface area (Å²) in [6.07, 6.45) is 7.02. The van der Waals surface area contributed by atoms with E-state index in [1.54, 1.807) is 6.20 Å². The van der Waals surface area contributed by atoms with Crippen LogP contribution in [0.2, 0.25) is 0 Å². The molecule has 1 aliphatic carbocycles. The van der Waals surface area contributed by atoms with E-state index in [0.29, 0.717) is 5.82 Å². The minimum Gasteiger partial charge on any atom is -0.490 e. The molecule has 3 heterocycles. The lowest BCUT2D eigenvalue weighted by molar-refractivity contribution is 0.0253. The molecule has 0 amide bonds. The van der Waals surface area contributed by atoms with Crippen molar-refractivity contribution >= 4 is 11.5 Å². The lowest BCUT2D eigenvalue weighted by Crippen LogP contribution is -2.26. The molecule has 154 valence electrons. The normalized spacial score (nSPS) is 16.3. The molecule has 0 bridgehead atoms. The average Bonchev–Trinajstić information content (AvgIpc) is 3.26. The largest absolute Gasteiger partial charge is 0.490 e. The number of aryl methyl sites for hydroxylation is 2. The summed E-state index contributed by atoms with van der Waals surface area (Å²) >= 11 is 0. The third kappa shape index (κ3) is 4.00. The van der Waals surface area contributed by atoms with Crippen LogP contribution in [0.1, 0.15) is 36.1 Å². The molecule has 1 N–H and O–H groups in total. The van der Waals surface area contributed by atoms with Gasteiger partial charge in [-0.05, 0) is 62.1 Å². The van der Waals surface area contributed by atoms with E-state index in [-0.39, 0.29) is 6.10 Å². The number of nitrogens with one attached hydrogen (secondary N) is 1. The highest BCUT2D eigenvalue weighted by atomic mass is 16.5. The number of anilines is 2. The maximum absolute atomic E-state index is 6.20. The highest BCUT2D eigenvalue weighted by Crippen LogP contribution is 2.32. The monoisotopic (exact) mass is 402 g/mol. The van der Waals surface area contributed by atoms with Crippen molar-refractivity contribution in [2.75, 3.05) is 18.5 Å². The standard InChI is InChI=1S/C24H26N4O2/c1-16-15-17(8-9-22(16)30-18-10-13-29-14-11-18)26-23-19-5-4-7-20(19)27-24(28-23)21-6-2-3-12-25-21/h2-3,6,8-9,12,15,18H,4-5,7,10-11,13-14H2,1H3,(H,26,27,28). The van der Waals surface area contributed by atoms with Gasteiger partial charge in [-0.1, -0.05) is 6.07 Å². The number of aromatic nitrogens is 3. The van der Waals surface area contributed by atoms with Crippen LogP contribution in [0.15, 0.2) is 42.6 Å². The second-order valence-electron chi connectivity index (χ2n) is 7.92. The second-order valence-corrected chi connectivity index (χ2v) is 7.92. The molecule has 6 heteroatoms. The first-order chi connectivity index (χ1) is 14.8. The van der Waals surface area contributed by atoms with Gasteiger partial charge in [-0.15, -0.1) is 0 Å². The Morgan fingerprint density at radius 3 is 2.77 bits per heavy atom. The van der Waals surface area contributed by atoms with E-state index >= 15 is 0 Å². The summed E-state index contributed by atoms with van der Waals surface area (Å²) < 4.78 is 11.6. The predicted octanol–water partition coefficient (Wildman–Crippen LogP) is 4.64. The average molecular weight is 402 g/mol. The number of hydrogen-bond donors (Lipinski definition) is 1. The van der Waals surface area contributed by atoms with Crippen LogP contribution in [0, 0.1) is 6.92 Å². The van der Waals surface area contributed by atoms with Crippen molar-refractivity contribution in [3.63, 3.8) is 0 Å². The van der Waals surface area contributed by atoms with Gasteiger partial charge in [-0.2, -0.15) is 0 Å². The van der Waals surface area contributed by atoms with Crippen molar-refractivity contribution in [1.82, 2.24) is 15.0 Å². The molecular formula is C24H26N4O2. The van der Waals surface area contributed by atoms with Gasteiger partial charge in [0.1, 0.15) is 23.4 Å². The first-order valence-corrected chi connectivity index (χ1v) is 10.7. The third-order valence-electron chi connectivity index (χ3n) is 5.73. The van der Waals surface area contributed by atoms with E-state index < -0.39 is 0 Å². The smallest absolute Gasteiger partial charge is 0.180 e. The molecule has 0 radical (unpaired) electrons. The lowest BCUT2D eigenvalue weighted by Gasteiger charge is -2.24. The number of nitrogens with zero attached hydrogens (tertiary/aromatic N) is 3. The topological polar surface area (TPSA) is 69.2 Å². The molecule has 1 saturated heterocycles. The van der Waals surface area contributed by atoms with Crippen LogP contribution in [-0.2, 0) is 17.6 Å². The van der Waals surface area contributed by atoms with Crippen LogP contribution >= 0.6 is 0 Å². The first-order valence-electron chi connectivity index (χ1n) is 10.7. The van der Waals surface area contributed by atoms with E-state index in [1.165, 1.54) is 5.56 Å². The Morgan fingerprint density at radius 2 is 1.97 bits per heavy atom. The summed E-state index contributed by atoms with van der Waals surface area (Å²) in [4.78, 5) is 14.0. The Morgan fingerprint density at radius 1 is 1.07 bits per heavy atom. The van der Waals surface area contributed by atoms with Crippen LogP contribution in [0.3, 0.4) is 0 Å². The SMILES string of the molecule is Cc1cc(Nc2nc(-c3ccccn3)nc3c2CCC3)ccc1OC1CCOCC1. The molecule has 5 rings (SSSR count). The van der Waals surface area contributed by atoms with Crippen molar-refractivity contribution < 1.29 is 9.47 Å². The Kier molecular flexibility index (Phi) is 5.32. The number of pyridine rings is 1. The maximum atomic E-state index is 6.20. The Labute approximate surface area is 176 Å². The van der Waals surface area contributed by atoms with E-state index in [4.69, 9.17) is 19.4 Å². The summed E-state index contributed by atoms with van der Waals surface area (Å²) in [7, 11) is 0. The zero-order chi connectivity index (χ0) is 20.3. The van der Waals surface area contributed by atoms with E-state index in [2.05, 4.69) is 29.4 Å². The quantitative estimate of drug-likeness (QED) is 0.671. The molecule has 0 saturated carbocycles. The zero-order valence-corrected chi connectivity index (χ0v) is 17.2. The molecule has 6 nitrogen and oxygen atoms in total. The van der Waals surface area contributed by atoms with Gasteiger partial charge in [0, 0.05) is 36.0 Å². The molecule has 1 aromatic carbocycles. The Bertz CT molecular complexity index is 1030. The van der Waals surface area contributed by atoms with Crippen LogP contribution in [0.4, 0.5) is 11.5 Å². The van der Waals surface area contributed by atoms with Gasteiger partial charge in [-0.3, -0.25) is 4.98 Å². The highest BCUT2D eigenvalue weighted by molar-refractivity contribution is 5.65. The maximum Gasteiger partial charge on any atom is 0.180 e. The van der Waals surface area contributed by atoms with Gasteiger partial charge in [-0.25, -0.2) is 9.97 Å². The Hall–Kier alpha value is -2.99. The molecule has 30 heavy (non-hydrogen) atoms. The summed E-state index contributed by atoms with van der Waals surface area (Å²) in [6.45, 7) is 3.64. The van der Waals surface area contributed by atoms with Crippen LogP contribution in [0.5, 0.6) is 5.75 Å². The fourth-order valence-electron chi connectivity index (χ4n) is 4.11. The van der Waals surface area contributed by atoms with Gasteiger partial charge >= 0.3 is 0 Å². The van der Waals surface area contributed by atoms with E-state index in [9.17, 15) is 0 Å². The van der Waals surface area contributed by atoms with Crippen molar-refractivity contribution in [3.8, 4) is 17.3 Å². The van der Waals surface area contributed by atoms with Gasteiger partial charge in [0.15, 0.2) is 5.82 Å². The van der Waals surface area contributed by atoms with Gasteiger partial charge in [0.05, 0.1) is 13.2 Å². The lowest BCUT2D eigenvalue weighted by atomic mass is 10.1. The minimum absolute atomic E-state index is 0.238.